The molecule has 1 nitrogen and oxygen atoms in total. The Labute approximate surface area is 45.0 Å². The minimum Gasteiger partial charge on any atom is -0.377 e. The fourth-order valence-corrected chi connectivity index (χ4v) is 0.250. The highest BCUT2D eigenvalue weighted by atomic mass is 16.5. The highest BCUT2D eigenvalue weighted by Crippen LogP contribution is 1.77. The molecule has 1 heteroatoms. The Bertz CT molecular complexity index is 41.4. The molecule has 0 aliphatic carbocycles. The van der Waals surface area contributed by atoms with Crippen LogP contribution in [0.3, 0.4) is 0 Å². The normalized spacial score (nSPS) is 8.71. The number of hydrogen-bond donors (Lipinski definition) is 0. The summed E-state index contributed by atoms with van der Waals surface area (Å²) in [5.41, 5.74) is 0. The molecular weight excluding hydrogens is 88.1 g/mol. The Morgan fingerprint density at radius 1 is 1.71 bits per heavy atom. The Kier molecular flexibility index (Phi) is 5.46. The van der Waals surface area contributed by atoms with E-state index in [0.29, 0.717) is 19.6 Å². The molecule has 2 radical (unpaired) electrons. The molecule has 0 atom stereocenters. The molecule has 0 saturated carbocycles. The largest absolute Gasteiger partial charge is 0.377 e. The summed E-state index contributed by atoms with van der Waals surface area (Å²) in [5.74, 6) is 0. The third kappa shape index (κ3) is 5.70. The van der Waals surface area contributed by atoms with Crippen LogP contribution in [0, 0.1) is 6.92 Å². The summed E-state index contributed by atoms with van der Waals surface area (Å²) in [6, 6.07) is 0. The molecule has 7 heavy (non-hydrogen) atoms. The van der Waals surface area contributed by atoms with Crippen molar-refractivity contribution < 1.29 is 4.74 Å². The van der Waals surface area contributed by atoms with Gasteiger partial charge in [-0.2, -0.15) is 0 Å². The van der Waals surface area contributed by atoms with E-state index in [0.717, 1.165) is 0 Å². The zero-order valence-electron chi connectivity index (χ0n) is 4.39. The van der Waals surface area contributed by atoms with Gasteiger partial charge in [0.1, 0.15) is 0 Å². The van der Waals surface area contributed by atoms with E-state index in [1.54, 1.807) is 6.08 Å². The smallest absolute Gasteiger partial charge is 0.0644 e. The van der Waals surface area contributed by atoms with Crippen LogP contribution in [0.4, 0.5) is 0 Å². The van der Waals surface area contributed by atoms with E-state index in [4.69, 9.17) is 11.7 Å². The van der Waals surface area contributed by atoms with Gasteiger partial charge in [0.2, 0.25) is 0 Å². The standard InChI is InChI=1S/C6H10O/c1-3-5-7-6-4-2/h1,4H,2-3,5-6H2. The number of hydrogen-bond acceptors (Lipinski definition) is 1. The highest BCUT2D eigenvalue weighted by molar-refractivity contribution is 4.63. The van der Waals surface area contributed by atoms with Crippen molar-refractivity contribution in [3.8, 4) is 0 Å². The number of rotatable bonds is 4. The lowest BCUT2D eigenvalue weighted by molar-refractivity contribution is 0.167. The predicted octanol–water partition coefficient (Wildman–Crippen LogP) is 1.29. The summed E-state index contributed by atoms with van der Waals surface area (Å²) in [5, 5.41) is 0. The maximum Gasteiger partial charge on any atom is 0.0644 e. The second-order valence-electron chi connectivity index (χ2n) is 1.15. The summed E-state index contributed by atoms with van der Waals surface area (Å²) in [4.78, 5) is 0. The lowest BCUT2D eigenvalue weighted by atomic mass is 10.5. The lowest BCUT2D eigenvalue weighted by Gasteiger charge is -1.92. The Morgan fingerprint density at radius 3 is 2.86 bits per heavy atom. The van der Waals surface area contributed by atoms with Crippen LogP contribution in [-0.4, -0.2) is 13.2 Å². The van der Waals surface area contributed by atoms with E-state index in [1.807, 2.05) is 0 Å². The van der Waals surface area contributed by atoms with E-state index >= 15 is 0 Å². The first-order valence-corrected chi connectivity index (χ1v) is 2.30. The predicted molar refractivity (Wildman–Crippen MR) is 29.9 cm³/mol. The first-order chi connectivity index (χ1) is 3.41. The fraction of sp³-hybridized carbons (Fsp3) is 0.500. The molecule has 0 saturated heterocycles. The lowest BCUT2D eigenvalue weighted by Crippen LogP contribution is -1.90. The van der Waals surface area contributed by atoms with Crippen LogP contribution in [0.1, 0.15) is 6.42 Å². The van der Waals surface area contributed by atoms with Gasteiger partial charge in [-0.05, 0) is 13.3 Å². The minimum absolute atomic E-state index is 0.591. The van der Waals surface area contributed by atoms with Crippen molar-refractivity contribution in [2.75, 3.05) is 13.2 Å². The molecule has 0 amide bonds. The van der Waals surface area contributed by atoms with E-state index in [1.165, 1.54) is 0 Å². The molecule has 0 bridgehead atoms. The van der Waals surface area contributed by atoms with Crippen molar-refractivity contribution in [1.29, 1.82) is 0 Å². The molecule has 0 aromatic rings. The molecule has 0 aromatic carbocycles. The van der Waals surface area contributed by atoms with E-state index in [9.17, 15) is 0 Å². The SMILES string of the molecule is [CH]CCOCC=C. The van der Waals surface area contributed by atoms with Gasteiger partial charge in [0.25, 0.3) is 0 Å². The minimum atomic E-state index is 0.591. The van der Waals surface area contributed by atoms with Crippen molar-refractivity contribution >= 4 is 0 Å². The van der Waals surface area contributed by atoms with Gasteiger partial charge in [0.05, 0.1) is 6.61 Å². The van der Waals surface area contributed by atoms with Crippen LogP contribution in [0.15, 0.2) is 12.7 Å². The molecule has 0 unspecified atom stereocenters. The summed E-state index contributed by atoms with van der Waals surface area (Å²) in [7, 11) is 0. The molecule has 0 N–H and O–H groups in total. The molecule has 0 aliphatic rings. The van der Waals surface area contributed by atoms with Crippen LogP contribution in [0.2, 0.25) is 0 Å². The fourth-order valence-electron chi connectivity index (χ4n) is 0.250. The Morgan fingerprint density at radius 2 is 2.43 bits per heavy atom. The quantitative estimate of drug-likeness (QED) is 0.380. The monoisotopic (exact) mass is 98.1 g/mol. The van der Waals surface area contributed by atoms with Gasteiger partial charge in [-0.3, -0.25) is 0 Å². The third-order valence-corrected chi connectivity index (χ3v) is 0.498. The van der Waals surface area contributed by atoms with Gasteiger partial charge >= 0.3 is 0 Å². The number of ether oxygens (including phenoxy) is 1. The first kappa shape index (κ1) is 6.70. The van der Waals surface area contributed by atoms with Crippen LogP contribution in [0.5, 0.6) is 0 Å². The molecule has 0 spiro atoms. The van der Waals surface area contributed by atoms with Crippen LogP contribution in [-0.2, 0) is 4.74 Å². The van der Waals surface area contributed by atoms with Gasteiger partial charge in [0, 0.05) is 6.61 Å². The van der Waals surface area contributed by atoms with Crippen molar-refractivity contribution in [2.24, 2.45) is 0 Å². The summed E-state index contributed by atoms with van der Waals surface area (Å²) >= 11 is 0. The third-order valence-electron chi connectivity index (χ3n) is 0.498. The maximum absolute atomic E-state index is 5.11. The summed E-state index contributed by atoms with van der Waals surface area (Å²) < 4.78 is 4.89. The molecule has 0 heterocycles. The van der Waals surface area contributed by atoms with Crippen molar-refractivity contribution in [2.45, 2.75) is 6.42 Å². The second-order valence-corrected chi connectivity index (χ2v) is 1.15. The van der Waals surface area contributed by atoms with Crippen molar-refractivity contribution in [1.82, 2.24) is 0 Å². The topological polar surface area (TPSA) is 9.23 Å². The van der Waals surface area contributed by atoms with Gasteiger partial charge in [0.15, 0.2) is 0 Å². The second kappa shape index (κ2) is 5.70. The Hall–Kier alpha value is -0.300. The molecule has 0 aromatic heterocycles. The summed E-state index contributed by atoms with van der Waals surface area (Å²) in [6.45, 7) is 9.82. The van der Waals surface area contributed by atoms with Crippen molar-refractivity contribution in [3.05, 3.63) is 19.6 Å². The molecular formula is C6H10O. The summed E-state index contributed by atoms with van der Waals surface area (Å²) in [6.07, 6.45) is 2.30. The average Bonchev–Trinajstić information content (AvgIpc) is 1.69. The van der Waals surface area contributed by atoms with Crippen LogP contribution in [0.25, 0.3) is 0 Å². The molecule has 40 valence electrons. The zero-order chi connectivity index (χ0) is 5.54. The van der Waals surface area contributed by atoms with Gasteiger partial charge in [-0.25, -0.2) is 0 Å². The van der Waals surface area contributed by atoms with Crippen molar-refractivity contribution in [3.63, 3.8) is 0 Å². The molecule has 0 fully saturated rings. The van der Waals surface area contributed by atoms with Gasteiger partial charge < -0.3 is 4.74 Å². The van der Waals surface area contributed by atoms with Gasteiger partial charge in [-0.15, -0.1) is 6.58 Å². The first-order valence-electron chi connectivity index (χ1n) is 2.30. The van der Waals surface area contributed by atoms with E-state index in [-0.39, 0.29) is 0 Å². The Balaban J connectivity index is 2.56. The average molecular weight is 98.1 g/mol. The highest BCUT2D eigenvalue weighted by Gasteiger charge is 1.75. The molecule has 0 rings (SSSR count). The maximum atomic E-state index is 5.11. The molecule has 0 aliphatic heterocycles. The van der Waals surface area contributed by atoms with Gasteiger partial charge in [-0.1, -0.05) is 6.08 Å². The van der Waals surface area contributed by atoms with E-state index in [2.05, 4.69) is 6.58 Å². The van der Waals surface area contributed by atoms with E-state index < -0.39 is 0 Å². The van der Waals surface area contributed by atoms with Crippen LogP contribution >= 0.6 is 0 Å². The zero-order valence-corrected chi connectivity index (χ0v) is 4.39. The van der Waals surface area contributed by atoms with Crippen LogP contribution < -0.4 is 0 Å².